The fourth-order valence-electron chi connectivity index (χ4n) is 6.17. The molecule has 1 saturated heterocycles. The molecule has 2 unspecified atom stereocenters. The van der Waals surface area contributed by atoms with Gasteiger partial charge in [-0.1, -0.05) is 97.9 Å². The van der Waals surface area contributed by atoms with Gasteiger partial charge in [0.05, 0.1) is 0 Å². The number of amidine groups is 1. The van der Waals surface area contributed by atoms with E-state index in [1.807, 2.05) is 0 Å². The van der Waals surface area contributed by atoms with Crippen molar-refractivity contribution < 1.29 is 4.79 Å². The maximum atomic E-state index is 13.3. The molecular formula is C31H34N2O. The Labute approximate surface area is 203 Å². The molecule has 1 saturated carbocycles. The molecule has 5 rings (SSSR count). The first kappa shape index (κ1) is 22.6. The molecule has 34 heavy (non-hydrogen) atoms. The summed E-state index contributed by atoms with van der Waals surface area (Å²) in [5.41, 5.74) is 3.79. The molecule has 3 aromatic carbocycles. The van der Waals surface area contributed by atoms with Crippen LogP contribution in [0.1, 0.15) is 42.9 Å². The Balaban J connectivity index is 1.55. The van der Waals surface area contributed by atoms with E-state index in [2.05, 4.69) is 103 Å². The predicted octanol–water partition coefficient (Wildman–Crippen LogP) is 5.93. The molecule has 3 aromatic rings. The van der Waals surface area contributed by atoms with E-state index in [4.69, 9.17) is 4.99 Å². The second kappa shape index (κ2) is 9.97. The van der Waals surface area contributed by atoms with Gasteiger partial charge in [0.2, 0.25) is 0 Å². The van der Waals surface area contributed by atoms with Gasteiger partial charge in [-0.2, -0.15) is 0 Å². The molecule has 1 aliphatic heterocycles. The van der Waals surface area contributed by atoms with Crippen molar-refractivity contribution >= 4 is 11.6 Å². The fourth-order valence-corrected chi connectivity index (χ4v) is 6.17. The van der Waals surface area contributed by atoms with Crippen LogP contribution in [0.2, 0.25) is 0 Å². The summed E-state index contributed by atoms with van der Waals surface area (Å²) >= 11 is 0. The monoisotopic (exact) mass is 450 g/mol. The van der Waals surface area contributed by atoms with Gasteiger partial charge in [0.25, 0.3) is 0 Å². The van der Waals surface area contributed by atoms with Gasteiger partial charge in [-0.05, 0) is 29.5 Å². The highest BCUT2D eigenvalue weighted by Crippen LogP contribution is 2.52. The van der Waals surface area contributed by atoms with Crippen LogP contribution in [0.25, 0.3) is 0 Å². The highest BCUT2D eigenvalue weighted by Gasteiger charge is 2.54. The van der Waals surface area contributed by atoms with Gasteiger partial charge in [-0.3, -0.25) is 9.79 Å². The average molecular weight is 451 g/mol. The zero-order valence-corrected chi connectivity index (χ0v) is 20.1. The Hall–Kier alpha value is -3.20. The number of likely N-dealkylation sites (tertiary alicyclic amines) is 1. The predicted molar refractivity (Wildman–Crippen MR) is 139 cm³/mol. The van der Waals surface area contributed by atoms with E-state index in [0.717, 1.165) is 44.7 Å². The van der Waals surface area contributed by atoms with Crippen LogP contribution in [0.15, 0.2) is 96.0 Å². The third kappa shape index (κ3) is 4.20. The van der Waals surface area contributed by atoms with Crippen molar-refractivity contribution in [2.24, 2.45) is 16.8 Å². The third-order valence-corrected chi connectivity index (χ3v) is 7.80. The Bertz CT molecular complexity index is 1080. The quantitative estimate of drug-likeness (QED) is 0.344. The van der Waals surface area contributed by atoms with Crippen molar-refractivity contribution in [3.8, 4) is 0 Å². The summed E-state index contributed by atoms with van der Waals surface area (Å²) < 4.78 is 0. The van der Waals surface area contributed by atoms with E-state index in [-0.39, 0.29) is 17.3 Å². The molecule has 0 aromatic heterocycles. The first-order chi connectivity index (χ1) is 16.7. The SMILES string of the molecule is CCCN=C(Cc1ccccc1)N1CC2C(=O)CCC(c3ccccc3)(c3ccccc3)C2C1. The molecular weight excluding hydrogens is 416 g/mol. The van der Waals surface area contributed by atoms with E-state index >= 15 is 0 Å². The summed E-state index contributed by atoms with van der Waals surface area (Å²) in [7, 11) is 0. The van der Waals surface area contributed by atoms with Gasteiger partial charge in [0.1, 0.15) is 11.6 Å². The highest BCUT2D eigenvalue weighted by molar-refractivity contribution is 5.88. The largest absolute Gasteiger partial charge is 0.359 e. The number of hydrogen-bond donors (Lipinski definition) is 0. The molecule has 2 aliphatic rings. The van der Waals surface area contributed by atoms with Crippen LogP contribution >= 0.6 is 0 Å². The minimum atomic E-state index is -0.154. The maximum absolute atomic E-state index is 13.3. The van der Waals surface area contributed by atoms with E-state index in [9.17, 15) is 4.79 Å². The molecule has 0 radical (unpaired) electrons. The molecule has 174 valence electrons. The van der Waals surface area contributed by atoms with Gasteiger partial charge < -0.3 is 4.90 Å². The summed E-state index contributed by atoms with van der Waals surface area (Å²) in [5.74, 6) is 1.83. The Kier molecular flexibility index (Phi) is 6.62. The Morgan fingerprint density at radius 1 is 0.882 bits per heavy atom. The van der Waals surface area contributed by atoms with Crippen LogP contribution < -0.4 is 0 Å². The van der Waals surface area contributed by atoms with Gasteiger partial charge in [0.15, 0.2) is 0 Å². The summed E-state index contributed by atoms with van der Waals surface area (Å²) in [4.78, 5) is 20.8. The van der Waals surface area contributed by atoms with E-state index in [0.29, 0.717) is 12.2 Å². The fraction of sp³-hybridized carbons (Fsp3) is 0.355. The molecule has 0 N–H and O–H groups in total. The molecule has 0 amide bonds. The standard InChI is InChI=1S/C31H34N2O/c1-2-20-32-30(21-24-12-6-3-7-13-24)33-22-27-28(23-33)31(19-18-29(27)34,25-14-8-4-9-15-25)26-16-10-5-11-17-26/h3-17,27-28H,2,18-23H2,1H3. The average Bonchev–Trinajstić information content (AvgIpc) is 3.35. The van der Waals surface area contributed by atoms with Gasteiger partial charge in [-0.25, -0.2) is 0 Å². The zero-order chi connectivity index (χ0) is 23.4. The number of benzene rings is 3. The second-order valence-electron chi connectivity index (χ2n) is 9.75. The van der Waals surface area contributed by atoms with Crippen LogP contribution in [-0.4, -0.2) is 36.2 Å². The van der Waals surface area contributed by atoms with Crippen LogP contribution in [0.4, 0.5) is 0 Å². The molecule has 1 heterocycles. The van der Waals surface area contributed by atoms with Crippen molar-refractivity contribution in [2.75, 3.05) is 19.6 Å². The van der Waals surface area contributed by atoms with Crippen LogP contribution in [0.5, 0.6) is 0 Å². The number of ketones is 1. The number of Topliss-reactive ketones (excluding diaryl/α,β-unsaturated/α-hetero) is 1. The Morgan fingerprint density at radius 2 is 1.47 bits per heavy atom. The van der Waals surface area contributed by atoms with Crippen LogP contribution in [0, 0.1) is 11.8 Å². The summed E-state index contributed by atoms with van der Waals surface area (Å²) in [6, 6.07) is 32.4. The molecule has 3 heteroatoms. The number of fused-ring (bicyclic) bond motifs is 1. The van der Waals surface area contributed by atoms with Gasteiger partial charge in [-0.15, -0.1) is 0 Å². The minimum absolute atomic E-state index is 0.0387. The van der Waals surface area contributed by atoms with Crippen molar-refractivity contribution in [1.29, 1.82) is 0 Å². The minimum Gasteiger partial charge on any atom is -0.359 e. The lowest BCUT2D eigenvalue weighted by Crippen LogP contribution is -2.47. The first-order valence-corrected chi connectivity index (χ1v) is 12.7. The third-order valence-electron chi connectivity index (χ3n) is 7.80. The smallest absolute Gasteiger partial charge is 0.138 e. The molecule has 2 fully saturated rings. The van der Waals surface area contributed by atoms with E-state index in [1.54, 1.807) is 0 Å². The van der Waals surface area contributed by atoms with Gasteiger partial charge in [0, 0.05) is 49.7 Å². The second-order valence-corrected chi connectivity index (χ2v) is 9.75. The number of hydrogen-bond acceptors (Lipinski definition) is 2. The Morgan fingerprint density at radius 3 is 2.06 bits per heavy atom. The molecule has 2 atom stereocenters. The highest BCUT2D eigenvalue weighted by atomic mass is 16.1. The maximum Gasteiger partial charge on any atom is 0.138 e. The number of carbonyl (C=O) groups excluding carboxylic acids is 1. The summed E-state index contributed by atoms with van der Waals surface area (Å²) in [6.45, 7) is 4.65. The van der Waals surface area contributed by atoms with Crippen molar-refractivity contribution in [1.82, 2.24) is 4.90 Å². The topological polar surface area (TPSA) is 32.7 Å². The lowest BCUT2D eigenvalue weighted by Gasteiger charge is -2.45. The molecule has 3 nitrogen and oxygen atoms in total. The molecule has 0 spiro atoms. The number of rotatable bonds is 6. The number of aliphatic imine (C=N–C) groups is 1. The molecule has 0 bridgehead atoms. The summed E-state index contributed by atoms with van der Waals surface area (Å²) in [6.07, 6.45) is 3.35. The first-order valence-electron chi connectivity index (χ1n) is 12.7. The van der Waals surface area contributed by atoms with Crippen molar-refractivity contribution in [3.05, 3.63) is 108 Å². The lowest BCUT2D eigenvalue weighted by atomic mass is 9.56. The van der Waals surface area contributed by atoms with E-state index < -0.39 is 0 Å². The van der Waals surface area contributed by atoms with Crippen LogP contribution in [0.3, 0.4) is 0 Å². The number of carbonyl (C=O) groups is 1. The lowest BCUT2D eigenvalue weighted by molar-refractivity contribution is -0.126. The summed E-state index contributed by atoms with van der Waals surface area (Å²) in [5, 5.41) is 0. The van der Waals surface area contributed by atoms with Crippen molar-refractivity contribution in [3.63, 3.8) is 0 Å². The zero-order valence-electron chi connectivity index (χ0n) is 20.1. The normalized spacial score (nSPS) is 22.0. The van der Waals surface area contributed by atoms with Gasteiger partial charge >= 0.3 is 0 Å². The molecule has 1 aliphatic carbocycles. The van der Waals surface area contributed by atoms with Crippen LogP contribution in [-0.2, 0) is 16.6 Å². The number of nitrogens with zero attached hydrogens (tertiary/aromatic N) is 2. The van der Waals surface area contributed by atoms with Crippen molar-refractivity contribution in [2.45, 2.75) is 38.0 Å². The van der Waals surface area contributed by atoms with E-state index in [1.165, 1.54) is 16.7 Å².